The van der Waals surface area contributed by atoms with Gasteiger partial charge in [0, 0.05) is 10.0 Å². The summed E-state index contributed by atoms with van der Waals surface area (Å²) in [5.74, 6) is -1.77. The molecular formula is C16H18BrFN4O4. The Labute approximate surface area is 157 Å². The second kappa shape index (κ2) is 7.81. The lowest BCUT2D eigenvalue weighted by Crippen LogP contribution is -2.33. The predicted molar refractivity (Wildman–Crippen MR) is 93.3 cm³/mol. The zero-order valence-electron chi connectivity index (χ0n) is 14.4. The van der Waals surface area contributed by atoms with Crippen molar-refractivity contribution in [3.8, 4) is 0 Å². The molecule has 0 aliphatic heterocycles. The summed E-state index contributed by atoms with van der Waals surface area (Å²) in [7, 11) is 0. The quantitative estimate of drug-likeness (QED) is 0.757. The summed E-state index contributed by atoms with van der Waals surface area (Å²) >= 11 is 3.17. The van der Waals surface area contributed by atoms with Gasteiger partial charge >= 0.3 is 12.1 Å². The largest absolute Gasteiger partial charge is 0.476 e. The van der Waals surface area contributed by atoms with Crippen molar-refractivity contribution in [3.63, 3.8) is 0 Å². The predicted octanol–water partition coefficient (Wildman–Crippen LogP) is 2.95. The molecule has 1 heterocycles. The van der Waals surface area contributed by atoms with E-state index < -0.39 is 23.5 Å². The summed E-state index contributed by atoms with van der Waals surface area (Å²) < 4.78 is 21.0. The number of aromatic carboxylic acids is 1. The Kier molecular flexibility index (Phi) is 5.96. The first kappa shape index (κ1) is 19.8. The molecule has 2 aromatic rings. The minimum atomic E-state index is -1.30. The number of hydrogen-bond donors (Lipinski definition) is 2. The number of amides is 1. The molecule has 0 saturated heterocycles. The Morgan fingerprint density at radius 3 is 2.65 bits per heavy atom. The Hall–Kier alpha value is -2.49. The topological polar surface area (TPSA) is 106 Å². The molecule has 0 saturated carbocycles. The lowest BCUT2D eigenvalue weighted by atomic mass is 10.2. The van der Waals surface area contributed by atoms with Gasteiger partial charge in [-0.15, -0.1) is 5.10 Å². The van der Waals surface area contributed by atoms with Gasteiger partial charge in [0.2, 0.25) is 0 Å². The van der Waals surface area contributed by atoms with Crippen LogP contribution < -0.4 is 5.32 Å². The summed E-state index contributed by atoms with van der Waals surface area (Å²) in [5, 5.41) is 19.1. The van der Waals surface area contributed by atoms with Crippen LogP contribution in [0, 0.1) is 5.82 Å². The highest BCUT2D eigenvalue weighted by molar-refractivity contribution is 9.10. The number of nitrogens with one attached hydrogen (secondary N) is 1. The summed E-state index contributed by atoms with van der Waals surface area (Å²) in [6.07, 6.45) is -0.712. The molecule has 2 N–H and O–H groups in total. The average Bonchev–Trinajstić information content (AvgIpc) is 2.89. The first-order valence-corrected chi connectivity index (χ1v) is 8.42. The number of carboxylic acid groups (broad SMARTS) is 1. The number of carboxylic acids is 1. The molecule has 0 spiro atoms. The van der Waals surface area contributed by atoms with Gasteiger partial charge in [0.25, 0.3) is 0 Å². The van der Waals surface area contributed by atoms with Crippen molar-refractivity contribution in [3.05, 3.63) is 45.4 Å². The molecular weight excluding hydrogens is 411 g/mol. The zero-order chi connectivity index (χ0) is 19.5. The highest BCUT2D eigenvalue weighted by atomic mass is 79.9. The molecule has 0 aliphatic rings. The molecule has 0 unspecified atom stereocenters. The van der Waals surface area contributed by atoms with Crippen molar-refractivity contribution < 1.29 is 23.8 Å². The number of halogens is 2. The van der Waals surface area contributed by atoms with Crippen molar-refractivity contribution in [2.45, 2.75) is 39.5 Å². The number of benzene rings is 1. The van der Waals surface area contributed by atoms with Gasteiger partial charge in [0.15, 0.2) is 5.69 Å². The third-order valence-electron chi connectivity index (χ3n) is 3.17. The van der Waals surface area contributed by atoms with Gasteiger partial charge in [-0.2, -0.15) is 0 Å². The maximum atomic E-state index is 14.0. The minimum Gasteiger partial charge on any atom is -0.476 e. The Bertz CT molecular complexity index is 832. The molecule has 1 amide bonds. The summed E-state index contributed by atoms with van der Waals surface area (Å²) in [4.78, 5) is 23.1. The molecule has 26 heavy (non-hydrogen) atoms. The summed E-state index contributed by atoms with van der Waals surface area (Å²) in [5.41, 5.74) is -0.587. The van der Waals surface area contributed by atoms with E-state index in [1.807, 2.05) is 0 Å². The SMILES string of the molecule is CC(C)(C)OC(=O)NCc1c(C(=O)O)nnn1Cc1ccc(Br)cc1F. The van der Waals surface area contributed by atoms with Crippen LogP contribution in [0.4, 0.5) is 9.18 Å². The Morgan fingerprint density at radius 1 is 1.38 bits per heavy atom. The number of nitrogens with zero attached hydrogens (tertiary/aromatic N) is 3. The van der Waals surface area contributed by atoms with E-state index in [1.54, 1.807) is 32.9 Å². The third-order valence-corrected chi connectivity index (χ3v) is 3.67. The highest BCUT2D eigenvalue weighted by Gasteiger charge is 2.22. The normalized spacial score (nSPS) is 11.3. The fourth-order valence-corrected chi connectivity index (χ4v) is 2.42. The van der Waals surface area contributed by atoms with Crippen LogP contribution in [0.3, 0.4) is 0 Å². The van der Waals surface area contributed by atoms with Gasteiger partial charge < -0.3 is 15.2 Å². The molecule has 0 atom stereocenters. The highest BCUT2D eigenvalue weighted by Crippen LogP contribution is 2.17. The van der Waals surface area contributed by atoms with Crippen LogP contribution in [0.15, 0.2) is 22.7 Å². The zero-order valence-corrected chi connectivity index (χ0v) is 16.0. The molecule has 8 nitrogen and oxygen atoms in total. The average molecular weight is 429 g/mol. The maximum Gasteiger partial charge on any atom is 0.407 e. The number of rotatable bonds is 5. The van der Waals surface area contributed by atoms with E-state index in [0.29, 0.717) is 10.0 Å². The van der Waals surface area contributed by atoms with Crippen LogP contribution in [-0.4, -0.2) is 37.8 Å². The van der Waals surface area contributed by atoms with Gasteiger partial charge in [0.05, 0.1) is 18.8 Å². The standard InChI is InChI=1S/C16H18BrFN4O4/c1-16(2,3)26-15(25)19-7-12-13(14(23)24)20-21-22(12)8-9-4-5-10(17)6-11(9)18/h4-6H,7-8H2,1-3H3,(H,19,25)(H,23,24). The van der Waals surface area contributed by atoms with Crippen LogP contribution in [0.25, 0.3) is 0 Å². The van der Waals surface area contributed by atoms with Crippen LogP contribution in [0.2, 0.25) is 0 Å². The first-order valence-electron chi connectivity index (χ1n) is 7.63. The smallest absolute Gasteiger partial charge is 0.407 e. The van der Waals surface area contributed by atoms with Crippen LogP contribution in [0.1, 0.15) is 42.5 Å². The minimum absolute atomic E-state index is 0.0370. The van der Waals surface area contributed by atoms with Crippen molar-refractivity contribution in [2.24, 2.45) is 0 Å². The fourth-order valence-electron chi connectivity index (χ4n) is 2.08. The van der Waals surface area contributed by atoms with E-state index in [9.17, 15) is 19.1 Å². The molecule has 10 heteroatoms. The monoisotopic (exact) mass is 428 g/mol. The molecule has 2 rings (SSSR count). The number of aromatic nitrogens is 3. The van der Waals surface area contributed by atoms with E-state index >= 15 is 0 Å². The number of ether oxygens (including phenoxy) is 1. The van der Waals surface area contributed by atoms with E-state index in [2.05, 4.69) is 31.6 Å². The van der Waals surface area contributed by atoms with E-state index in [4.69, 9.17) is 4.74 Å². The summed E-state index contributed by atoms with van der Waals surface area (Å²) in [6.45, 7) is 4.90. The number of carbonyl (C=O) groups is 2. The molecule has 1 aromatic carbocycles. The number of carbonyl (C=O) groups excluding carboxylic acids is 1. The Balaban J connectivity index is 2.22. The molecule has 0 radical (unpaired) electrons. The van der Waals surface area contributed by atoms with Gasteiger partial charge in [0.1, 0.15) is 11.4 Å². The van der Waals surface area contributed by atoms with Crippen LogP contribution >= 0.6 is 15.9 Å². The Morgan fingerprint density at radius 2 is 2.08 bits per heavy atom. The molecule has 0 aliphatic carbocycles. The van der Waals surface area contributed by atoms with Crippen molar-refractivity contribution in [1.29, 1.82) is 0 Å². The van der Waals surface area contributed by atoms with Crippen LogP contribution in [0.5, 0.6) is 0 Å². The molecule has 1 aromatic heterocycles. The number of alkyl carbamates (subject to hydrolysis) is 1. The first-order chi connectivity index (χ1) is 12.1. The molecule has 0 fully saturated rings. The lowest BCUT2D eigenvalue weighted by Gasteiger charge is -2.19. The van der Waals surface area contributed by atoms with Crippen LogP contribution in [-0.2, 0) is 17.8 Å². The molecule has 140 valence electrons. The third kappa shape index (κ3) is 5.25. The van der Waals surface area contributed by atoms with Crippen molar-refractivity contribution >= 4 is 28.0 Å². The van der Waals surface area contributed by atoms with Crippen molar-refractivity contribution in [1.82, 2.24) is 20.3 Å². The summed E-state index contributed by atoms with van der Waals surface area (Å²) in [6, 6.07) is 4.50. The van der Waals surface area contributed by atoms with Crippen molar-refractivity contribution in [2.75, 3.05) is 0 Å². The van der Waals surface area contributed by atoms with Gasteiger partial charge in [-0.1, -0.05) is 27.2 Å². The second-order valence-electron chi connectivity index (χ2n) is 6.44. The van der Waals surface area contributed by atoms with Gasteiger partial charge in [-0.05, 0) is 32.9 Å². The molecule has 0 bridgehead atoms. The van der Waals surface area contributed by atoms with E-state index in [0.717, 1.165) is 0 Å². The fraction of sp³-hybridized carbons (Fsp3) is 0.375. The van der Waals surface area contributed by atoms with Gasteiger partial charge in [-0.25, -0.2) is 18.7 Å². The second-order valence-corrected chi connectivity index (χ2v) is 7.35. The maximum absolute atomic E-state index is 14.0. The van der Waals surface area contributed by atoms with E-state index in [1.165, 1.54) is 10.7 Å². The lowest BCUT2D eigenvalue weighted by molar-refractivity contribution is 0.0519. The van der Waals surface area contributed by atoms with Gasteiger partial charge in [-0.3, -0.25) is 0 Å². The number of hydrogen-bond acceptors (Lipinski definition) is 5. The van der Waals surface area contributed by atoms with E-state index in [-0.39, 0.29) is 24.5 Å².